The Bertz CT molecular complexity index is 426. The molecule has 0 aromatic carbocycles. The summed E-state index contributed by atoms with van der Waals surface area (Å²) < 4.78 is 4.53. The summed E-state index contributed by atoms with van der Waals surface area (Å²) in [4.78, 5) is 26.3. The Hall–Kier alpha value is -1.60. The van der Waals surface area contributed by atoms with Gasteiger partial charge in [0.15, 0.2) is 0 Å². The van der Waals surface area contributed by atoms with Gasteiger partial charge >= 0.3 is 5.97 Å². The lowest BCUT2D eigenvalue weighted by Gasteiger charge is -2.03. The third-order valence-corrected chi connectivity index (χ3v) is 3.09. The van der Waals surface area contributed by atoms with Crippen LogP contribution < -0.4 is 11.3 Å². The monoisotopic (exact) mass is 269 g/mol. The fraction of sp³-hybridized carbons (Fsp3) is 0.364. The zero-order chi connectivity index (χ0) is 13.4. The number of carbonyl (C=O) groups excluding carboxylic acids is 2. The Morgan fingerprint density at radius 2 is 2.28 bits per heavy atom. The smallest absolute Gasteiger partial charge is 0.306 e. The number of pyridine rings is 1. The highest BCUT2D eigenvalue weighted by molar-refractivity contribution is 7.98. The second kappa shape index (κ2) is 7.67. The molecule has 1 heterocycles. The molecule has 0 saturated carbocycles. The minimum absolute atomic E-state index is 0.230. The van der Waals surface area contributed by atoms with E-state index in [4.69, 9.17) is 5.84 Å². The van der Waals surface area contributed by atoms with E-state index in [0.29, 0.717) is 17.9 Å². The Morgan fingerprint density at radius 3 is 2.94 bits per heavy atom. The van der Waals surface area contributed by atoms with Crippen molar-refractivity contribution in [2.45, 2.75) is 12.2 Å². The molecule has 0 saturated heterocycles. The molecule has 0 fully saturated rings. The molecule has 6 nitrogen and oxygen atoms in total. The molecular formula is C11H15N3O3S. The van der Waals surface area contributed by atoms with Crippen LogP contribution in [0.1, 0.15) is 22.6 Å². The van der Waals surface area contributed by atoms with Crippen LogP contribution in [-0.4, -0.2) is 29.7 Å². The van der Waals surface area contributed by atoms with Crippen molar-refractivity contribution in [3.8, 4) is 0 Å². The van der Waals surface area contributed by atoms with E-state index in [9.17, 15) is 9.59 Å². The maximum absolute atomic E-state index is 11.3. The molecule has 98 valence electrons. The number of rotatable bonds is 6. The van der Waals surface area contributed by atoms with Gasteiger partial charge in [-0.3, -0.25) is 15.0 Å². The van der Waals surface area contributed by atoms with E-state index in [0.717, 1.165) is 5.69 Å². The number of aromatic nitrogens is 1. The number of amides is 1. The topological polar surface area (TPSA) is 94.3 Å². The number of nitrogens with one attached hydrogen (secondary N) is 1. The summed E-state index contributed by atoms with van der Waals surface area (Å²) >= 11 is 1.55. The van der Waals surface area contributed by atoms with Crippen molar-refractivity contribution in [2.24, 2.45) is 5.84 Å². The van der Waals surface area contributed by atoms with Crippen molar-refractivity contribution in [3.63, 3.8) is 0 Å². The van der Waals surface area contributed by atoms with Crippen molar-refractivity contribution in [1.29, 1.82) is 0 Å². The van der Waals surface area contributed by atoms with Gasteiger partial charge in [0.1, 0.15) is 5.69 Å². The van der Waals surface area contributed by atoms with Gasteiger partial charge in [-0.1, -0.05) is 6.07 Å². The van der Waals surface area contributed by atoms with Crippen LogP contribution in [0.5, 0.6) is 0 Å². The number of hydrazine groups is 1. The maximum Gasteiger partial charge on any atom is 0.306 e. The summed E-state index contributed by atoms with van der Waals surface area (Å²) in [6, 6.07) is 5.15. The Balaban J connectivity index is 2.43. The van der Waals surface area contributed by atoms with Crippen LogP contribution in [-0.2, 0) is 15.3 Å². The molecular weight excluding hydrogens is 254 g/mol. The summed E-state index contributed by atoms with van der Waals surface area (Å²) in [6.07, 6.45) is 0.365. The molecule has 0 aliphatic heterocycles. The van der Waals surface area contributed by atoms with Crippen LogP contribution in [0.25, 0.3) is 0 Å². The third-order valence-electron chi connectivity index (χ3n) is 2.10. The quantitative estimate of drug-likeness (QED) is 0.256. The molecule has 7 heteroatoms. The highest BCUT2D eigenvalue weighted by atomic mass is 32.2. The molecule has 18 heavy (non-hydrogen) atoms. The van der Waals surface area contributed by atoms with E-state index in [2.05, 4.69) is 9.72 Å². The average Bonchev–Trinajstić information content (AvgIpc) is 2.42. The van der Waals surface area contributed by atoms with Crippen LogP contribution in [0.3, 0.4) is 0 Å². The van der Waals surface area contributed by atoms with Gasteiger partial charge < -0.3 is 4.74 Å². The fourth-order valence-corrected chi connectivity index (χ4v) is 2.02. The minimum atomic E-state index is -0.420. The second-order valence-corrected chi connectivity index (χ2v) is 4.47. The first-order valence-corrected chi connectivity index (χ1v) is 6.44. The van der Waals surface area contributed by atoms with Crippen LogP contribution in [0, 0.1) is 0 Å². The van der Waals surface area contributed by atoms with Crippen molar-refractivity contribution in [1.82, 2.24) is 10.4 Å². The Morgan fingerprint density at radius 1 is 1.50 bits per heavy atom. The standard InChI is InChI=1S/C11H15N3O3S/c1-17-10(15)5-6-18-7-8-3-2-4-9(13-8)11(16)14-12/h2-4H,5-7,12H2,1H3,(H,14,16). The summed E-state index contributed by atoms with van der Waals surface area (Å²) in [5.41, 5.74) is 3.08. The van der Waals surface area contributed by atoms with Crippen LogP contribution >= 0.6 is 11.8 Å². The van der Waals surface area contributed by atoms with Gasteiger partial charge in [-0.15, -0.1) is 0 Å². The minimum Gasteiger partial charge on any atom is -0.469 e. The predicted octanol–water partition coefficient (Wildman–Crippen LogP) is 0.481. The van der Waals surface area contributed by atoms with E-state index >= 15 is 0 Å². The van der Waals surface area contributed by atoms with Crippen LogP contribution in [0.2, 0.25) is 0 Å². The number of thioether (sulfide) groups is 1. The normalized spacial score (nSPS) is 9.89. The molecule has 0 aliphatic carbocycles. The fourth-order valence-electron chi connectivity index (χ4n) is 1.19. The highest BCUT2D eigenvalue weighted by Gasteiger charge is 2.06. The predicted molar refractivity (Wildman–Crippen MR) is 68.7 cm³/mol. The first-order chi connectivity index (χ1) is 8.67. The highest BCUT2D eigenvalue weighted by Crippen LogP contribution is 2.12. The molecule has 1 aromatic heterocycles. The number of nitrogens with two attached hydrogens (primary N) is 1. The van der Waals surface area contributed by atoms with Gasteiger partial charge in [-0.2, -0.15) is 11.8 Å². The lowest BCUT2D eigenvalue weighted by molar-refractivity contribution is -0.140. The van der Waals surface area contributed by atoms with E-state index in [1.54, 1.807) is 23.9 Å². The second-order valence-electron chi connectivity index (χ2n) is 3.37. The van der Waals surface area contributed by atoms with Gasteiger partial charge in [0.05, 0.1) is 19.2 Å². The lowest BCUT2D eigenvalue weighted by Crippen LogP contribution is -2.30. The molecule has 3 N–H and O–H groups in total. The number of esters is 1. The summed E-state index contributed by atoms with van der Waals surface area (Å²) in [5.74, 6) is 5.66. The Kier molecular flexibility index (Phi) is 6.16. The number of hydrogen-bond donors (Lipinski definition) is 2. The molecule has 0 unspecified atom stereocenters. The number of nitrogens with zero attached hydrogens (tertiary/aromatic N) is 1. The largest absolute Gasteiger partial charge is 0.469 e. The van der Waals surface area contributed by atoms with Gasteiger partial charge in [0, 0.05) is 11.5 Å². The molecule has 1 aromatic rings. The summed E-state index contributed by atoms with van der Waals surface area (Å²) in [7, 11) is 1.36. The van der Waals surface area contributed by atoms with Crippen LogP contribution in [0.15, 0.2) is 18.2 Å². The van der Waals surface area contributed by atoms with E-state index < -0.39 is 5.91 Å². The third kappa shape index (κ3) is 4.72. The maximum atomic E-state index is 11.3. The molecule has 1 rings (SSSR count). The first-order valence-electron chi connectivity index (χ1n) is 5.28. The summed E-state index contributed by atoms with van der Waals surface area (Å²) in [5, 5.41) is 0. The molecule has 0 radical (unpaired) electrons. The van der Waals surface area contributed by atoms with Crippen LogP contribution in [0.4, 0.5) is 0 Å². The van der Waals surface area contributed by atoms with Gasteiger partial charge in [-0.05, 0) is 12.1 Å². The Labute approximate surface area is 109 Å². The lowest BCUT2D eigenvalue weighted by atomic mass is 10.3. The van der Waals surface area contributed by atoms with E-state index in [1.165, 1.54) is 7.11 Å². The van der Waals surface area contributed by atoms with Crippen molar-refractivity contribution >= 4 is 23.6 Å². The van der Waals surface area contributed by atoms with E-state index in [1.807, 2.05) is 11.5 Å². The van der Waals surface area contributed by atoms with E-state index in [-0.39, 0.29) is 11.7 Å². The summed E-state index contributed by atoms with van der Waals surface area (Å²) in [6.45, 7) is 0. The molecule has 0 spiro atoms. The molecule has 0 aliphatic rings. The SMILES string of the molecule is COC(=O)CCSCc1cccc(C(=O)NN)n1. The van der Waals surface area contributed by atoms with Crippen molar-refractivity contribution in [2.75, 3.05) is 12.9 Å². The first kappa shape index (κ1) is 14.5. The number of ether oxygens (including phenoxy) is 1. The number of nitrogen functional groups attached to an aromatic ring is 1. The zero-order valence-electron chi connectivity index (χ0n) is 10.0. The average molecular weight is 269 g/mol. The molecule has 0 atom stereocenters. The van der Waals surface area contributed by atoms with Crippen molar-refractivity contribution < 1.29 is 14.3 Å². The number of carbonyl (C=O) groups is 2. The van der Waals surface area contributed by atoms with Gasteiger partial charge in [0.25, 0.3) is 5.91 Å². The zero-order valence-corrected chi connectivity index (χ0v) is 10.8. The van der Waals surface area contributed by atoms with Crippen molar-refractivity contribution in [3.05, 3.63) is 29.6 Å². The molecule has 0 bridgehead atoms. The molecule has 1 amide bonds. The van der Waals surface area contributed by atoms with Gasteiger partial charge in [0.2, 0.25) is 0 Å². The van der Waals surface area contributed by atoms with Gasteiger partial charge in [-0.25, -0.2) is 10.8 Å². The number of methoxy groups -OCH3 is 1. The number of hydrogen-bond acceptors (Lipinski definition) is 6.